The van der Waals surface area contributed by atoms with E-state index in [0.717, 1.165) is 6.42 Å². The molecule has 1 spiro atoms. The maximum atomic E-state index is 12.8. The lowest BCUT2D eigenvalue weighted by atomic mass is 9.77. The largest absolute Gasteiger partial charge is 0.466 e. The highest BCUT2D eigenvalue weighted by atomic mass is 16.6. The van der Waals surface area contributed by atoms with E-state index in [0.29, 0.717) is 26.3 Å². The number of likely N-dealkylation sites (tertiary alicyclic amines) is 1. The molecule has 0 aromatic heterocycles. The molecule has 0 N–H and O–H groups in total. The van der Waals surface area contributed by atoms with Crippen LogP contribution in [0.3, 0.4) is 0 Å². The smallest absolute Gasteiger partial charge is 0.312 e. The lowest BCUT2D eigenvalue weighted by Crippen LogP contribution is -2.40. The molecular formula is C17H25NO5. The molecule has 2 fully saturated rings. The lowest BCUT2D eigenvalue weighted by Gasteiger charge is -2.22. The van der Waals surface area contributed by atoms with Gasteiger partial charge in [-0.05, 0) is 27.2 Å². The van der Waals surface area contributed by atoms with Crippen molar-refractivity contribution in [3.05, 3.63) is 12.2 Å². The fraction of sp³-hybridized carbons (Fsp3) is 0.765. The van der Waals surface area contributed by atoms with Crippen LogP contribution in [-0.2, 0) is 23.8 Å². The van der Waals surface area contributed by atoms with Crippen LogP contribution < -0.4 is 0 Å². The highest BCUT2D eigenvalue weighted by molar-refractivity contribution is 5.91. The van der Waals surface area contributed by atoms with Gasteiger partial charge in [-0.15, -0.1) is 0 Å². The molecule has 0 radical (unpaired) electrons. The summed E-state index contributed by atoms with van der Waals surface area (Å²) in [7, 11) is 0. The van der Waals surface area contributed by atoms with Gasteiger partial charge in [-0.2, -0.15) is 0 Å². The molecule has 0 aromatic carbocycles. The molecule has 3 heterocycles. The van der Waals surface area contributed by atoms with Crippen LogP contribution in [0.4, 0.5) is 0 Å². The molecule has 0 aromatic rings. The number of esters is 1. The second kappa shape index (κ2) is 6.24. The zero-order valence-corrected chi connectivity index (χ0v) is 14.0. The normalized spacial score (nSPS) is 34.5. The summed E-state index contributed by atoms with van der Waals surface area (Å²) in [5.74, 6) is -1.28. The van der Waals surface area contributed by atoms with Crippen LogP contribution >= 0.6 is 0 Å². The van der Waals surface area contributed by atoms with Crippen LogP contribution in [-0.4, -0.2) is 60.9 Å². The zero-order valence-electron chi connectivity index (χ0n) is 14.0. The Hall–Kier alpha value is -1.40. The molecule has 1 amide bonds. The van der Waals surface area contributed by atoms with Crippen LogP contribution in [0.25, 0.3) is 0 Å². The average Bonchev–Trinajstić information content (AvgIpc) is 3.12. The summed E-state index contributed by atoms with van der Waals surface area (Å²) in [5, 5.41) is 0. The van der Waals surface area contributed by atoms with Crippen LogP contribution in [0.2, 0.25) is 0 Å². The number of nitrogens with zero attached hydrogens (tertiary/aromatic N) is 1. The van der Waals surface area contributed by atoms with Crippen LogP contribution in [0.5, 0.6) is 0 Å². The number of carbonyl (C=O) groups excluding carboxylic acids is 2. The third-order valence-corrected chi connectivity index (χ3v) is 4.76. The number of hydrogen-bond acceptors (Lipinski definition) is 5. The maximum Gasteiger partial charge on any atom is 0.312 e. The molecule has 2 saturated heterocycles. The van der Waals surface area contributed by atoms with E-state index in [9.17, 15) is 9.59 Å². The summed E-state index contributed by atoms with van der Waals surface area (Å²) < 4.78 is 16.7. The summed E-state index contributed by atoms with van der Waals surface area (Å²) in [6, 6.07) is 0. The van der Waals surface area contributed by atoms with Gasteiger partial charge in [0.1, 0.15) is 11.5 Å². The van der Waals surface area contributed by atoms with Gasteiger partial charge in [-0.1, -0.05) is 12.2 Å². The predicted molar refractivity (Wildman–Crippen MR) is 82.6 cm³/mol. The second-order valence-electron chi connectivity index (χ2n) is 6.68. The monoisotopic (exact) mass is 323 g/mol. The van der Waals surface area contributed by atoms with E-state index in [-0.39, 0.29) is 24.1 Å². The van der Waals surface area contributed by atoms with Gasteiger partial charge in [-0.3, -0.25) is 9.59 Å². The minimum Gasteiger partial charge on any atom is -0.466 e. The van der Waals surface area contributed by atoms with Gasteiger partial charge in [0, 0.05) is 13.2 Å². The first-order valence-corrected chi connectivity index (χ1v) is 8.42. The van der Waals surface area contributed by atoms with Crippen molar-refractivity contribution in [2.24, 2.45) is 11.8 Å². The van der Waals surface area contributed by atoms with Crippen molar-refractivity contribution in [1.29, 1.82) is 0 Å². The molecule has 6 heteroatoms. The van der Waals surface area contributed by atoms with E-state index < -0.39 is 17.4 Å². The first-order valence-electron chi connectivity index (χ1n) is 8.42. The quantitative estimate of drug-likeness (QED) is 0.399. The summed E-state index contributed by atoms with van der Waals surface area (Å²) in [4.78, 5) is 26.8. The van der Waals surface area contributed by atoms with Crippen LogP contribution in [0, 0.1) is 11.8 Å². The Morgan fingerprint density at radius 2 is 2.30 bits per heavy atom. The van der Waals surface area contributed by atoms with Gasteiger partial charge in [0.2, 0.25) is 5.91 Å². The molecule has 3 aliphatic rings. The van der Waals surface area contributed by atoms with Crippen molar-refractivity contribution < 1.29 is 23.8 Å². The molecule has 0 aliphatic carbocycles. The molecule has 3 rings (SSSR count). The summed E-state index contributed by atoms with van der Waals surface area (Å²) in [6.07, 6.45) is 4.51. The fourth-order valence-corrected chi connectivity index (χ4v) is 3.85. The van der Waals surface area contributed by atoms with E-state index >= 15 is 0 Å². The molecule has 3 aliphatic heterocycles. The second-order valence-corrected chi connectivity index (χ2v) is 6.68. The minimum absolute atomic E-state index is 0.000509. The van der Waals surface area contributed by atoms with Crippen molar-refractivity contribution in [1.82, 2.24) is 4.90 Å². The third kappa shape index (κ3) is 2.78. The fourth-order valence-electron chi connectivity index (χ4n) is 3.85. The SMILES string of the molecule is CCOC(=O)[C@H]1[C@@H]2C=C[C@]3(CN(CCCOC(C)C)C(=O)[C@H]13)O2. The number of rotatable bonds is 7. The minimum atomic E-state index is -0.641. The number of carbonyl (C=O) groups is 2. The van der Waals surface area contributed by atoms with Gasteiger partial charge in [0.05, 0.1) is 31.3 Å². The number of amides is 1. The third-order valence-electron chi connectivity index (χ3n) is 4.76. The van der Waals surface area contributed by atoms with Crippen molar-refractivity contribution in [3.8, 4) is 0 Å². The van der Waals surface area contributed by atoms with E-state index in [4.69, 9.17) is 14.2 Å². The highest BCUT2D eigenvalue weighted by Crippen LogP contribution is 2.52. The Kier molecular flexibility index (Phi) is 4.47. The summed E-state index contributed by atoms with van der Waals surface area (Å²) >= 11 is 0. The van der Waals surface area contributed by atoms with Gasteiger partial charge >= 0.3 is 5.97 Å². The van der Waals surface area contributed by atoms with Gasteiger partial charge in [-0.25, -0.2) is 0 Å². The Bertz CT molecular complexity index is 517. The molecular weight excluding hydrogens is 298 g/mol. The van der Waals surface area contributed by atoms with Crippen molar-refractivity contribution in [2.75, 3.05) is 26.3 Å². The molecule has 0 unspecified atom stereocenters. The molecule has 0 saturated carbocycles. The van der Waals surface area contributed by atoms with Crippen molar-refractivity contribution >= 4 is 11.9 Å². The van der Waals surface area contributed by atoms with Gasteiger partial charge < -0.3 is 19.1 Å². The predicted octanol–water partition coefficient (Wildman–Crippen LogP) is 1.15. The molecule has 128 valence electrons. The van der Waals surface area contributed by atoms with E-state index in [1.165, 1.54) is 0 Å². The molecule has 23 heavy (non-hydrogen) atoms. The van der Waals surface area contributed by atoms with Crippen LogP contribution in [0.1, 0.15) is 27.2 Å². The topological polar surface area (TPSA) is 65.1 Å². The van der Waals surface area contributed by atoms with E-state index in [2.05, 4.69) is 0 Å². The van der Waals surface area contributed by atoms with Crippen molar-refractivity contribution in [2.45, 2.75) is 45.0 Å². The number of fused-ring (bicyclic) bond motifs is 1. The summed E-state index contributed by atoms with van der Waals surface area (Å²) in [6.45, 7) is 7.84. The number of ether oxygens (including phenoxy) is 3. The molecule has 6 nitrogen and oxygen atoms in total. The standard InChI is InChI=1S/C17H25NO5/c1-4-21-16(20)13-12-6-7-17(23-12)10-18(15(19)14(13)17)8-5-9-22-11(2)3/h6-7,11-14H,4-5,8-10H2,1-3H3/t12-,13-,14-,17+/m0/s1. The first kappa shape index (κ1) is 16.5. The first-order chi connectivity index (χ1) is 11.0. The van der Waals surface area contributed by atoms with Crippen molar-refractivity contribution in [3.63, 3.8) is 0 Å². The van der Waals surface area contributed by atoms with Gasteiger partial charge in [0.15, 0.2) is 0 Å². The Morgan fingerprint density at radius 1 is 1.52 bits per heavy atom. The Balaban J connectivity index is 1.66. The van der Waals surface area contributed by atoms with E-state index in [1.807, 2.05) is 26.0 Å². The molecule has 2 bridgehead atoms. The van der Waals surface area contributed by atoms with E-state index in [1.54, 1.807) is 11.8 Å². The highest BCUT2D eigenvalue weighted by Gasteiger charge is 2.67. The van der Waals surface area contributed by atoms with Crippen LogP contribution in [0.15, 0.2) is 12.2 Å². The zero-order chi connectivity index (χ0) is 16.6. The average molecular weight is 323 g/mol. The van der Waals surface area contributed by atoms with Gasteiger partial charge in [0.25, 0.3) is 0 Å². The molecule has 4 atom stereocenters. The Morgan fingerprint density at radius 3 is 3.00 bits per heavy atom. The lowest BCUT2D eigenvalue weighted by molar-refractivity contribution is -0.153. The summed E-state index contributed by atoms with van der Waals surface area (Å²) in [5.41, 5.74) is -0.641. The number of hydrogen-bond donors (Lipinski definition) is 0. The Labute approximate surface area is 136 Å². The maximum absolute atomic E-state index is 12.8.